The highest BCUT2D eigenvalue weighted by atomic mass is 32.2. The Bertz CT molecular complexity index is 720. The van der Waals surface area contributed by atoms with Gasteiger partial charge in [0.15, 0.2) is 0 Å². The molecule has 0 saturated carbocycles. The number of benzene rings is 1. The summed E-state index contributed by atoms with van der Waals surface area (Å²) in [6.45, 7) is 2.09. The van der Waals surface area contributed by atoms with Crippen LogP contribution in [0, 0.1) is 11.8 Å². The van der Waals surface area contributed by atoms with Gasteiger partial charge >= 0.3 is 5.97 Å². The maximum absolute atomic E-state index is 12.7. The number of rotatable bonds is 6. The van der Waals surface area contributed by atoms with Crippen molar-refractivity contribution in [3.05, 3.63) is 35.9 Å². The second-order valence-corrected chi connectivity index (χ2v) is 8.47. The highest BCUT2D eigenvalue weighted by molar-refractivity contribution is 7.88. The van der Waals surface area contributed by atoms with Crippen molar-refractivity contribution in [3.63, 3.8) is 0 Å². The number of hydrogen-bond acceptors (Lipinski definition) is 4. The lowest BCUT2D eigenvalue weighted by Gasteiger charge is -2.32. The normalized spacial score (nSPS) is 21.3. The minimum absolute atomic E-state index is 0.133. The fourth-order valence-corrected chi connectivity index (χ4v) is 3.94. The van der Waals surface area contributed by atoms with Crippen molar-refractivity contribution in [2.75, 3.05) is 19.3 Å². The van der Waals surface area contributed by atoms with Crippen molar-refractivity contribution in [1.82, 2.24) is 9.62 Å². The summed E-state index contributed by atoms with van der Waals surface area (Å²) in [5.41, 5.74) is 0.710. The van der Waals surface area contributed by atoms with Gasteiger partial charge in [0.1, 0.15) is 0 Å². The monoisotopic (exact) mass is 368 g/mol. The average molecular weight is 368 g/mol. The van der Waals surface area contributed by atoms with Gasteiger partial charge in [0.2, 0.25) is 15.9 Å². The Morgan fingerprint density at radius 3 is 2.48 bits per heavy atom. The second kappa shape index (κ2) is 7.97. The standard InChI is InChI=1S/C17H24N2O5S/c1-12(17(21)22)15(13-7-4-3-5-8-13)18-16(20)14-9-6-10-19(11-14)25(2,23)24/h3-5,7-8,12,14-15H,6,9-11H2,1-2H3,(H,18,20)(H,21,22)/t12-,14-,15-/m0/s1. The minimum Gasteiger partial charge on any atom is -0.481 e. The number of amides is 1. The first kappa shape index (κ1) is 19.4. The summed E-state index contributed by atoms with van der Waals surface area (Å²) in [7, 11) is -3.34. The molecule has 8 heteroatoms. The molecule has 7 nitrogen and oxygen atoms in total. The van der Waals surface area contributed by atoms with Gasteiger partial charge in [-0.05, 0) is 25.3 Å². The van der Waals surface area contributed by atoms with E-state index in [1.807, 2.05) is 6.07 Å². The van der Waals surface area contributed by atoms with Crippen LogP contribution in [0.2, 0.25) is 0 Å². The third-order valence-electron chi connectivity index (χ3n) is 4.57. The molecule has 1 aromatic rings. The van der Waals surface area contributed by atoms with Crippen molar-refractivity contribution in [2.24, 2.45) is 11.8 Å². The second-order valence-electron chi connectivity index (χ2n) is 6.48. The molecule has 1 heterocycles. The Hall–Kier alpha value is -1.93. The van der Waals surface area contributed by atoms with Gasteiger partial charge in [0, 0.05) is 13.1 Å². The zero-order valence-electron chi connectivity index (χ0n) is 14.4. The summed E-state index contributed by atoms with van der Waals surface area (Å²) >= 11 is 0. The predicted molar refractivity (Wildman–Crippen MR) is 93.3 cm³/mol. The van der Waals surface area contributed by atoms with Gasteiger partial charge in [-0.3, -0.25) is 9.59 Å². The van der Waals surface area contributed by atoms with Crippen LogP contribution in [0.5, 0.6) is 0 Å². The van der Waals surface area contributed by atoms with E-state index in [-0.39, 0.29) is 12.5 Å². The van der Waals surface area contributed by atoms with E-state index in [1.165, 1.54) is 4.31 Å². The Balaban J connectivity index is 2.15. The van der Waals surface area contributed by atoms with Gasteiger partial charge in [-0.15, -0.1) is 0 Å². The molecule has 1 saturated heterocycles. The minimum atomic E-state index is -3.34. The van der Waals surface area contributed by atoms with Crippen molar-refractivity contribution in [2.45, 2.75) is 25.8 Å². The molecule has 2 rings (SSSR count). The van der Waals surface area contributed by atoms with E-state index >= 15 is 0 Å². The number of piperidine rings is 1. The van der Waals surface area contributed by atoms with Gasteiger partial charge in [-0.2, -0.15) is 0 Å². The van der Waals surface area contributed by atoms with Crippen LogP contribution in [0.4, 0.5) is 0 Å². The molecule has 0 aromatic heterocycles. The Labute approximate surface area is 148 Å². The van der Waals surface area contributed by atoms with Gasteiger partial charge in [-0.1, -0.05) is 30.3 Å². The van der Waals surface area contributed by atoms with Crippen LogP contribution in [-0.4, -0.2) is 49.1 Å². The van der Waals surface area contributed by atoms with Crippen LogP contribution >= 0.6 is 0 Å². The lowest BCUT2D eigenvalue weighted by Crippen LogP contribution is -2.46. The molecule has 25 heavy (non-hydrogen) atoms. The molecular formula is C17H24N2O5S. The van der Waals surface area contributed by atoms with Crippen LogP contribution in [-0.2, 0) is 19.6 Å². The summed E-state index contributed by atoms with van der Waals surface area (Å²) in [4.78, 5) is 24.1. The number of aliphatic carboxylic acids is 1. The Morgan fingerprint density at radius 2 is 1.92 bits per heavy atom. The molecule has 0 unspecified atom stereocenters. The van der Waals surface area contributed by atoms with E-state index in [9.17, 15) is 23.1 Å². The molecule has 0 bridgehead atoms. The number of sulfonamides is 1. The number of carbonyl (C=O) groups is 2. The smallest absolute Gasteiger partial charge is 0.308 e. The molecule has 1 fully saturated rings. The van der Waals surface area contributed by atoms with Crippen LogP contribution in [0.3, 0.4) is 0 Å². The molecule has 1 aromatic carbocycles. The van der Waals surface area contributed by atoms with E-state index < -0.39 is 33.9 Å². The number of nitrogens with zero attached hydrogens (tertiary/aromatic N) is 1. The van der Waals surface area contributed by atoms with Crippen LogP contribution in [0.25, 0.3) is 0 Å². The van der Waals surface area contributed by atoms with Gasteiger partial charge in [0.05, 0.1) is 24.1 Å². The average Bonchev–Trinajstić information content (AvgIpc) is 2.59. The molecule has 2 N–H and O–H groups in total. The molecule has 1 amide bonds. The molecule has 1 aliphatic heterocycles. The Morgan fingerprint density at radius 1 is 1.28 bits per heavy atom. The highest BCUT2D eigenvalue weighted by Gasteiger charge is 2.33. The zero-order valence-corrected chi connectivity index (χ0v) is 15.2. The van der Waals surface area contributed by atoms with Crippen molar-refractivity contribution >= 4 is 21.9 Å². The molecule has 1 aliphatic rings. The number of carboxylic acids is 1. The van der Waals surface area contributed by atoms with E-state index in [4.69, 9.17) is 0 Å². The first-order chi connectivity index (χ1) is 11.7. The van der Waals surface area contributed by atoms with Gasteiger partial charge in [0.25, 0.3) is 0 Å². The summed E-state index contributed by atoms with van der Waals surface area (Å²) < 4.78 is 24.7. The first-order valence-electron chi connectivity index (χ1n) is 8.23. The fraction of sp³-hybridized carbons (Fsp3) is 0.529. The maximum Gasteiger partial charge on any atom is 0.308 e. The third kappa shape index (κ3) is 5.02. The number of nitrogens with one attached hydrogen (secondary N) is 1. The van der Waals surface area contributed by atoms with Crippen LogP contribution < -0.4 is 5.32 Å². The lowest BCUT2D eigenvalue weighted by atomic mass is 9.92. The van der Waals surface area contributed by atoms with E-state index in [2.05, 4.69) is 5.32 Å². The Kier molecular flexibility index (Phi) is 6.18. The van der Waals surface area contributed by atoms with Crippen molar-refractivity contribution < 1.29 is 23.1 Å². The summed E-state index contributed by atoms with van der Waals surface area (Å²) in [6.07, 6.45) is 2.32. The summed E-state index contributed by atoms with van der Waals surface area (Å²) in [5, 5.41) is 12.2. The molecular weight excluding hydrogens is 344 g/mol. The largest absolute Gasteiger partial charge is 0.481 e. The SMILES string of the molecule is C[C@H](C(=O)O)[C@H](NC(=O)[C@H]1CCCN(S(C)(=O)=O)C1)c1ccccc1. The molecule has 138 valence electrons. The number of carbonyl (C=O) groups excluding carboxylic acids is 1. The maximum atomic E-state index is 12.7. The third-order valence-corrected chi connectivity index (χ3v) is 5.84. The fourth-order valence-electron chi connectivity index (χ4n) is 3.03. The first-order valence-corrected chi connectivity index (χ1v) is 10.1. The molecule has 0 spiro atoms. The molecule has 0 aliphatic carbocycles. The van der Waals surface area contributed by atoms with Crippen LogP contribution in [0.15, 0.2) is 30.3 Å². The predicted octanol–water partition coefficient (Wildman–Crippen LogP) is 1.24. The van der Waals surface area contributed by atoms with Gasteiger partial charge in [-0.25, -0.2) is 12.7 Å². The quantitative estimate of drug-likeness (QED) is 0.786. The van der Waals surface area contributed by atoms with Crippen LogP contribution in [0.1, 0.15) is 31.4 Å². The topological polar surface area (TPSA) is 104 Å². The van der Waals surface area contributed by atoms with E-state index in [0.717, 1.165) is 6.26 Å². The highest BCUT2D eigenvalue weighted by Crippen LogP contribution is 2.25. The van der Waals surface area contributed by atoms with Gasteiger partial charge < -0.3 is 10.4 Å². The van der Waals surface area contributed by atoms with E-state index in [1.54, 1.807) is 31.2 Å². The lowest BCUT2D eigenvalue weighted by molar-refractivity contribution is -0.142. The number of hydrogen-bond donors (Lipinski definition) is 2. The van der Waals surface area contributed by atoms with Crippen molar-refractivity contribution in [3.8, 4) is 0 Å². The summed E-state index contributed by atoms with van der Waals surface area (Å²) in [5.74, 6) is -2.59. The zero-order chi connectivity index (χ0) is 18.6. The van der Waals surface area contributed by atoms with E-state index in [0.29, 0.717) is 24.9 Å². The van der Waals surface area contributed by atoms with Crippen molar-refractivity contribution in [1.29, 1.82) is 0 Å². The summed E-state index contributed by atoms with van der Waals surface area (Å²) in [6, 6.07) is 8.27. The molecule has 3 atom stereocenters. The molecule has 0 radical (unpaired) electrons. The number of carboxylic acid groups (broad SMARTS) is 1.